The molecule has 0 fully saturated rings. The standard InChI is InChI=1S/C18H18N2O3S/c1-11-12(2)24-17-16(11)18(22)20(13(3)19-17)8-9-23-15-6-4-14(10-21)5-7-15/h4-7,10H,8-9H2,1-3H3. The summed E-state index contributed by atoms with van der Waals surface area (Å²) in [5.41, 5.74) is 1.60. The Balaban J connectivity index is 1.80. The molecule has 0 bridgehead atoms. The minimum atomic E-state index is -0.0146. The van der Waals surface area contributed by atoms with Gasteiger partial charge in [-0.3, -0.25) is 14.2 Å². The van der Waals surface area contributed by atoms with Gasteiger partial charge in [-0.25, -0.2) is 4.98 Å². The summed E-state index contributed by atoms with van der Waals surface area (Å²) in [6.07, 6.45) is 0.790. The van der Waals surface area contributed by atoms with Crippen molar-refractivity contribution in [3.63, 3.8) is 0 Å². The van der Waals surface area contributed by atoms with Crippen molar-refractivity contribution in [2.45, 2.75) is 27.3 Å². The van der Waals surface area contributed by atoms with E-state index in [1.807, 2.05) is 20.8 Å². The van der Waals surface area contributed by atoms with Crippen LogP contribution in [-0.2, 0) is 6.54 Å². The van der Waals surface area contributed by atoms with Crippen molar-refractivity contribution in [2.24, 2.45) is 0 Å². The Morgan fingerprint density at radius 1 is 1.21 bits per heavy atom. The second kappa shape index (κ2) is 6.57. The highest BCUT2D eigenvalue weighted by molar-refractivity contribution is 7.18. The summed E-state index contributed by atoms with van der Waals surface area (Å²) < 4.78 is 7.32. The van der Waals surface area contributed by atoms with E-state index in [4.69, 9.17) is 4.74 Å². The van der Waals surface area contributed by atoms with E-state index in [1.54, 1.807) is 40.2 Å². The molecule has 0 unspecified atom stereocenters. The highest BCUT2D eigenvalue weighted by Crippen LogP contribution is 2.26. The van der Waals surface area contributed by atoms with Gasteiger partial charge in [0.05, 0.1) is 11.9 Å². The van der Waals surface area contributed by atoms with Gasteiger partial charge in [0.15, 0.2) is 0 Å². The maximum atomic E-state index is 12.7. The molecular formula is C18H18N2O3S. The van der Waals surface area contributed by atoms with Crippen molar-refractivity contribution >= 4 is 27.8 Å². The third kappa shape index (κ3) is 2.97. The fraction of sp³-hybridized carbons (Fsp3) is 0.278. The largest absolute Gasteiger partial charge is 0.492 e. The van der Waals surface area contributed by atoms with Crippen LogP contribution in [0, 0.1) is 20.8 Å². The van der Waals surface area contributed by atoms with Crippen molar-refractivity contribution in [3.05, 3.63) is 56.4 Å². The van der Waals surface area contributed by atoms with E-state index in [-0.39, 0.29) is 5.56 Å². The van der Waals surface area contributed by atoms with Crippen molar-refractivity contribution in [2.75, 3.05) is 6.61 Å². The lowest BCUT2D eigenvalue weighted by atomic mass is 10.2. The summed E-state index contributed by atoms with van der Waals surface area (Å²) in [5.74, 6) is 1.36. The number of aromatic nitrogens is 2. The average Bonchev–Trinajstić information content (AvgIpc) is 2.85. The molecule has 0 aliphatic rings. The lowest BCUT2D eigenvalue weighted by Crippen LogP contribution is -2.26. The zero-order chi connectivity index (χ0) is 17.3. The van der Waals surface area contributed by atoms with Gasteiger partial charge < -0.3 is 4.74 Å². The number of benzene rings is 1. The molecule has 0 aliphatic heterocycles. The maximum absolute atomic E-state index is 12.7. The molecular weight excluding hydrogens is 324 g/mol. The van der Waals surface area contributed by atoms with Gasteiger partial charge in [-0.2, -0.15) is 0 Å². The first-order valence-electron chi connectivity index (χ1n) is 7.66. The normalized spacial score (nSPS) is 11.0. The number of aldehydes is 1. The van der Waals surface area contributed by atoms with Crippen LogP contribution in [0.15, 0.2) is 29.1 Å². The zero-order valence-corrected chi connectivity index (χ0v) is 14.6. The van der Waals surface area contributed by atoms with Crippen LogP contribution in [0.5, 0.6) is 5.75 Å². The first-order valence-corrected chi connectivity index (χ1v) is 8.48. The maximum Gasteiger partial charge on any atom is 0.262 e. The van der Waals surface area contributed by atoms with Crippen LogP contribution in [0.1, 0.15) is 26.6 Å². The molecule has 0 amide bonds. The molecule has 0 spiro atoms. The Kier molecular flexibility index (Phi) is 4.49. The number of fused-ring (bicyclic) bond motifs is 1. The smallest absolute Gasteiger partial charge is 0.262 e. The molecule has 0 atom stereocenters. The molecule has 0 N–H and O–H groups in total. The summed E-state index contributed by atoms with van der Waals surface area (Å²) >= 11 is 1.56. The first kappa shape index (κ1) is 16.4. The Bertz CT molecular complexity index is 955. The summed E-state index contributed by atoms with van der Waals surface area (Å²) in [6.45, 7) is 6.59. The number of aryl methyl sites for hydroxylation is 3. The van der Waals surface area contributed by atoms with Crippen molar-refractivity contribution in [1.29, 1.82) is 0 Å². The molecule has 124 valence electrons. The quantitative estimate of drug-likeness (QED) is 0.668. The molecule has 2 heterocycles. The number of hydrogen-bond acceptors (Lipinski definition) is 5. The Hall–Kier alpha value is -2.47. The van der Waals surface area contributed by atoms with E-state index >= 15 is 0 Å². The highest BCUT2D eigenvalue weighted by atomic mass is 32.1. The number of hydrogen-bond donors (Lipinski definition) is 0. The van der Waals surface area contributed by atoms with Crippen LogP contribution >= 0.6 is 11.3 Å². The van der Waals surface area contributed by atoms with Crippen molar-refractivity contribution in [3.8, 4) is 5.75 Å². The van der Waals surface area contributed by atoms with Gasteiger partial charge in [0.2, 0.25) is 0 Å². The van der Waals surface area contributed by atoms with Gasteiger partial charge >= 0.3 is 0 Å². The zero-order valence-electron chi connectivity index (χ0n) is 13.8. The number of ether oxygens (including phenoxy) is 1. The van der Waals surface area contributed by atoms with Gasteiger partial charge in [-0.1, -0.05) is 0 Å². The van der Waals surface area contributed by atoms with Crippen molar-refractivity contribution < 1.29 is 9.53 Å². The highest BCUT2D eigenvalue weighted by Gasteiger charge is 2.14. The van der Waals surface area contributed by atoms with E-state index in [1.165, 1.54) is 0 Å². The van der Waals surface area contributed by atoms with Crippen LogP contribution in [0.3, 0.4) is 0 Å². The molecule has 0 saturated carbocycles. The molecule has 5 nitrogen and oxygen atoms in total. The second-order valence-electron chi connectivity index (χ2n) is 5.61. The lowest BCUT2D eigenvalue weighted by Gasteiger charge is -2.11. The van der Waals surface area contributed by atoms with Crippen LogP contribution in [0.2, 0.25) is 0 Å². The van der Waals surface area contributed by atoms with Gasteiger partial charge in [0, 0.05) is 10.4 Å². The van der Waals surface area contributed by atoms with Crippen LogP contribution in [-0.4, -0.2) is 22.4 Å². The van der Waals surface area contributed by atoms with Crippen LogP contribution in [0.25, 0.3) is 10.2 Å². The van der Waals surface area contributed by atoms with E-state index in [0.29, 0.717) is 35.7 Å². The second-order valence-corrected chi connectivity index (χ2v) is 6.82. The minimum absolute atomic E-state index is 0.0146. The van der Waals surface area contributed by atoms with Crippen molar-refractivity contribution in [1.82, 2.24) is 9.55 Å². The summed E-state index contributed by atoms with van der Waals surface area (Å²) in [6, 6.07) is 6.89. The molecule has 2 aromatic heterocycles. The Morgan fingerprint density at radius 3 is 2.58 bits per heavy atom. The fourth-order valence-electron chi connectivity index (χ4n) is 2.59. The molecule has 3 aromatic rings. The van der Waals surface area contributed by atoms with Gasteiger partial charge in [-0.15, -0.1) is 11.3 Å². The minimum Gasteiger partial charge on any atom is -0.492 e. The summed E-state index contributed by atoms with van der Waals surface area (Å²) in [5, 5.41) is 0.707. The van der Waals surface area contributed by atoms with Gasteiger partial charge in [0.1, 0.15) is 29.3 Å². The molecule has 3 rings (SSSR count). The number of thiophene rings is 1. The molecule has 6 heteroatoms. The van der Waals surface area contributed by atoms with Crippen LogP contribution in [0.4, 0.5) is 0 Å². The van der Waals surface area contributed by atoms with Crippen LogP contribution < -0.4 is 10.3 Å². The predicted octanol–water partition coefficient (Wildman–Crippen LogP) is 3.27. The van der Waals surface area contributed by atoms with E-state index < -0.39 is 0 Å². The van der Waals surface area contributed by atoms with Gasteiger partial charge in [0.25, 0.3) is 5.56 Å². The summed E-state index contributed by atoms with van der Waals surface area (Å²) in [7, 11) is 0. The topological polar surface area (TPSA) is 61.2 Å². The number of carbonyl (C=O) groups excluding carboxylic acids is 1. The molecule has 24 heavy (non-hydrogen) atoms. The predicted molar refractivity (Wildman–Crippen MR) is 95.4 cm³/mol. The first-order chi connectivity index (χ1) is 11.5. The summed E-state index contributed by atoms with van der Waals surface area (Å²) in [4.78, 5) is 29.9. The Morgan fingerprint density at radius 2 is 1.92 bits per heavy atom. The fourth-order valence-corrected chi connectivity index (χ4v) is 3.65. The van der Waals surface area contributed by atoms with Gasteiger partial charge in [-0.05, 0) is 50.6 Å². The van der Waals surface area contributed by atoms with E-state index in [0.717, 1.165) is 21.6 Å². The third-order valence-corrected chi connectivity index (χ3v) is 5.18. The molecule has 0 radical (unpaired) electrons. The van der Waals surface area contributed by atoms with E-state index in [9.17, 15) is 9.59 Å². The lowest BCUT2D eigenvalue weighted by molar-refractivity contribution is 0.112. The molecule has 0 aliphatic carbocycles. The SMILES string of the molecule is Cc1sc2nc(C)n(CCOc3ccc(C=O)cc3)c(=O)c2c1C. The third-order valence-electron chi connectivity index (χ3n) is 4.08. The number of carbonyl (C=O) groups is 1. The average molecular weight is 342 g/mol. The molecule has 1 aromatic carbocycles. The molecule has 0 saturated heterocycles. The number of nitrogens with zero attached hydrogens (tertiary/aromatic N) is 2. The number of rotatable bonds is 5. The monoisotopic (exact) mass is 342 g/mol. The Labute approximate surface area is 143 Å². The van der Waals surface area contributed by atoms with E-state index in [2.05, 4.69) is 4.98 Å².